The molecule has 1 atom stereocenters. The highest BCUT2D eigenvalue weighted by atomic mass is 16.5. The molecule has 0 aliphatic rings. The lowest BCUT2D eigenvalue weighted by Gasteiger charge is -2.19. The maximum Gasteiger partial charge on any atom is 0.125 e. The van der Waals surface area contributed by atoms with Crippen molar-refractivity contribution in [2.45, 2.75) is 19.4 Å². The Labute approximate surface area is 108 Å². The van der Waals surface area contributed by atoms with E-state index in [0.717, 1.165) is 12.2 Å². The Morgan fingerprint density at radius 1 is 1.00 bits per heavy atom. The lowest BCUT2D eigenvalue weighted by Crippen LogP contribution is -2.13. The summed E-state index contributed by atoms with van der Waals surface area (Å²) in [6, 6.07) is 18.3. The van der Waals surface area contributed by atoms with E-state index in [1.807, 2.05) is 30.3 Å². The van der Waals surface area contributed by atoms with Crippen molar-refractivity contribution in [3.05, 3.63) is 65.7 Å². The van der Waals surface area contributed by atoms with Crippen LogP contribution in [0.4, 0.5) is 0 Å². The van der Waals surface area contributed by atoms with E-state index in [1.54, 1.807) is 0 Å². The molecule has 0 heterocycles. The van der Waals surface area contributed by atoms with Crippen LogP contribution in [0, 0.1) is 6.92 Å². The Morgan fingerprint density at radius 3 is 2.28 bits per heavy atom. The summed E-state index contributed by atoms with van der Waals surface area (Å²) in [5, 5.41) is 0. The highest BCUT2D eigenvalue weighted by Crippen LogP contribution is 2.24. The predicted molar refractivity (Wildman–Crippen MR) is 74.7 cm³/mol. The number of hydrogen-bond acceptors (Lipinski definition) is 2. The fourth-order valence-electron chi connectivity index (χ4n) is 1.89. The van der Waals surface area contributed by atoms with E-state index < -0.39 is 0 Å². The van der Waals surface area contributed by atoms with Crippen LogP contribution < -0.4 is 10.5 Å². The first-order valence-electron chi connectivity index (χ1n) is 6.28. The van der Waals surface area contributed by atoms with Crippen LogP contribution in [-0.2, 0) is 0 Å². The van der Waals surface area contributed by atoms with Gasteiger partial charge in [-0.2, -0.15) is 0 Å². The predicted octanol–water partition coefficient (Wildman–Crippen LogP) is 3.46. The molecular formula is C16H19NO. The van der Waals surface area contributed by atoms with Gasteiger partial charge in [0.25, 0.3) is 0 Å². The van der Waals surface area contributed by atoms with Gasteiger partial charge >= 0.3 is 0 Å². The molecule has 0 saturated carbocycles. The molecule has 94 valence electrons. The van der Waals surface area contributed by atoms with Crippen molar-refractivity contribution in [2.24, 2.45) is 5.73 Å². The van der Waals surface area contributed by atoms with Gasteiger partial charge in [0.1, 0.15) is 11.9 Å². The van der Waals surface area contributed by atoms with Crippen molar-refractivity contribution in [3.63, 3.8) is 0 Å². The van der Waals surface area contributed by atoms with Gasteiger partial charge in [-0.1, -0.05) is 48.0 Å². The second-order valence-electron chi connectivity index (χ2n) is 4.41. The van der Waals surface area contributed by atoms with E-state index >= 15 is 0 Å². The van der Waals surface area contributed by atoms with Crippen LogP contribution in [0.3, 0.4) is 0 Å². The van der Waals surface area contributed by atoms with Crippen LogP contribution in [-0.4, -0.2) is 6.54 Å². The number of ether oxygens (including phenoxy) is 1. The molecule has 0 aliphatic carbocycles. The summed E-state index contributed by atoms with van der Waals surface area (Å²) in [4.78, 5) is 0. The summed E-state index contributed by atoms with van der Waals surface area (Å²) in [6.07, 6.45) is 0.844. The first kappa shape index (κ1) is 12.7. The van der Waals surface area contributed by atoms with Crippen molar-refractivity contribution < 1.29 is 4.74 Å². The van der Waals surface area contributed by atoms with Crippen molar-refractivity contribution >= 4 is 0 Å². The van der Waals surface area contributed by atoms with E-state index in [0.29, 0.717) is 6.54 Å². The SMILES string of the molecule is Cc1ccc(O[C@H](CCN)c2ccccc2)cc1. The zero-order valence-corrected chi connectivity index (χ0v) is 10.7. The molecule has 0 saturated heterocycles. The minimum Gasteiger partial charge on any atom is -0.486 e. The Bertz CT molecular complexity index is 464. The van der Waals surface area contributed by atoms with Crippen molar-refractivity contribution in [3.8, 4) is 5.75 Å². The number of aryl methyl sites for hydroxylation is 1. The molecule has 0 aromatic heterocycles. The Kier molecular flexibility index (Phi) is 4.37. The first-order chi connectivity index (χ1) is 8.79. The molecule has 2 aromatic carbocycles. The third-order valence-electron chi connectivity index (χ3n) is 2.90. The smallest absolute Gasteiger partial charge is 0.125 e. The van der Waals surface area contributed by atoms with Crippen LogP contribution in [0.15, 0.2) is 54.6 Å². The Hall–Kier alpha value is -1.80. The number of hydrogen-bond donors (Lipinski definition) is 1. The summed E-state index contributed by atoms with van der Waals surface area (Å²) < 4.78 is 6.02. The van der Waals surface area contributed by atoms with Crippen LogP contribution in [0.5, 0.6) is 5.75 Å². The van der Waals surface area contributed by atoms with E-state index in [2.05, 4.69) is 31.2 Å². The standard InChI is InChI=1S/C16H19NO/c1-13-7-9-15(10-8-13)18-16(11-12-17)14-5-3-2-4-6-14/h2-10,16H,11-12,17H2,1H3/t16-/m1/s1. The van der Waals surface area contributed by atoms with Gasteiger partial charge < -0.3 is 10.5 Å². The third-order valence-corrected chi connectivity index (χ3v) is 2.90. The topological polar surface area (TPSA) is 35.2 Å². The molecule has 0 spiro atoms. The van der Waals surface area contributed by atoms with E-state index in [-0.39, 0.29) is 6.10 Å². The lowest BCUT2D eigenvalue weighted by molar-refractivity contribution is 0.198. The fourth-order valence-corrected chi connectivity index (χ4v) is 1.89. The van der Waals surface area contributed by atoms with Gasteiger partial charge in [-0.05, 0) is 31.2 Å². The molecule has 0 fully saturated rings. The summed E-state index contributed by atoms with van der Waals surface area (Å²) in [7, 11) is 0. The normalized spacial score (nSPS) is 12.1. The van der Waals surface area contributed by atoms with Crippen LogP contribution in [0.1, 0.15) is 23.7 Å². The first-order valence-corrected chi connectivity index (χ1v) is 6.28. The summed E-state index contributed by atoms with van der Waals surface area (Å²) >= 11 is 0. The quantitative estimate of drug-likeness (QED) is 0.870. The number of benzene rings is 2. The van der Waals surface area contributed by atoms with Gasteiger partial charge in [0.2, 0.25) is 0 Å². The molecule has 18 heavy (non-hydrogen) atoms. The fraction of sp³-hybridized carbons (Fsp3) is 0.250. The number of rotatable bonds is 5. The number of nitrogens with two attached hydrogens (primary N) is 1. The molecule has 2 N–H and O–H groups in total. The minimum absolute atomic E-state index is 0.0268. The molecule has 0 bridgehead atoms. The summed E-state index contributed by atoms with van der Waals surface area (Å²) in [5.41, 5.74) is 8.07. The molecule has 0 aliphatic heterocycles. The molecule has 0 unspecified atom stereocenters. The van der Waals surface area contributed by atoms with Crippen LogP contribution in [0.2, 0.25) is 0 Å². The molecule has 0 amide bonds. The zero-order chi connectivity index (χ0) is 12.8. The molecule has 2 heteroatoms. The summed E-state index contributed by atoms with van der Waals surface area (Å²) in [5.74, 6) is 0.892. The highest BCUT2D eigenvalue weighted by molar-refractivity contribution is 5.28. The Balaban J connectivity index is 2.14. The minimum atomic E-state index is 0.0268. The maximum absolute atomic E-state index is 6.02. The molecular weight excluding hydrogens is 222 g/mol. The molecule has 0 radical (unpaired) electrons. The molecule has 2 aromatic rings. The lowest BCUT2D eigenvalue weighted by atomic mass is 10.1. The van der Waals surface area contributed by atoms with Gasteiger partial charge in [0.15, 0.2) is 0 Å². The largest absolute Gasteiger partial charge is 0.486 e. The van der Waals surface area contributed by atoms with Gasteiger partial charge in [0.05, 0.1) is 0 Å². The monoisotopic (exact) mass is 241 g/mol. The third kappa shape index (κ3) is 3.34. The molecule has 2 rings (SSSR count). The highest BCUT2D eigenvalue weighted by Gasteiger charge is 2.11. The average molecular weight is 241 g/mol. The van der Waals surface area contributed by atoms with E-state index in [1.165, 1.54) is 11.1 Å². The second-order valence-corrected chi connectivity index (χ2v) is 4.41. The van der Waals surface area contributed by atoms with Crippen molar-refractivity contribution in [1.82, 2.24) is 0 Å². The summed E-state index contributed by atoms with van der Waals surface area (Å²) in [6.45, 7) is 2.68. The molecule has 2 nitrogen and oxygen atoms in total. The van der Waals surface area contributed by atoms with E-state index in [4.69, 9.17) is 10.5 Å². The van der Waals surface area contributed by atoms with E-state index in [9.17, 15) is 0 Å². The van der Waals surface area contributed by atoms with Gasteiger partial charge in [-0.15, -0.1) is 0 Å². The van der Waals surface area contributed by atoms with Crippen molar-refractivity contribution in [2.75, 3.05) is 6.54 Å². The van der Waals surface area contributed by atoms with Crippen LogP contribution in [0.25, 0.3) is 0 Å². The van der Waals surface area contributed by atoms with Gasteiger partial charge in [0, 0.05) is 6.42 Å². The van der Waals surface area contributed by atoms with Crippen molar-refractivity contribution in [1.29, 1.82) is 0 Å². The Morgan fingerprint density at radius 2 is 1.67 bits per heavy atom. The maximum atomic E-state index is 6.02. The van der Waals surface area contributed by atoms with Gasteiger partial charge in [-0.3, -0.25) is 0 Å². The second kappa shape index (κ2) is 6.22. The zero-order valence-electron chi connectivity index (χ0n) is 10.7. The van der Waals surface area contributed by atoms with Gasteiger partial charge in [-0.25, -0.2) is 0 Å². The average Bonchev–Trinajstić information content (AvgIpc) is 2.42. The van der Waals surface area contributed by atoms with Crippen LogP contribution >= 0.6 is 0 Å².